The van der Waals surface area contributed by atoms with Gasteiger partial charge in [0.15, 0.2) is 0 Å². The van der Waals surface area contributed by atoms with Crippen LogP contribution < -0.4 is 5.73 Å². The zero-order valence-corrected chi connectivity index (χ0v) is 10.4. The standard InChI is InChI=1S/C13H17ClFN/c1-13(2)7-9(13)12(16)6-8-3-4-10(14)11(15)5-8/h3-5,9,12H,6-7,16H2,1-2H3. The van der Waals surface area contributed by atoms with Gasteiger partial charge in [0.1, 0.15) is 5.82 Å². The molecular formula is C13H17ClFN. The Bertz CT molecular complexity index is 403. The van der Waals surface area contributed by atoms with Crippen LogP contribution in [0, 0.1) is 17.2 Å². The molecule has 0 radical (unpaired) electrons. The van der Waals surface area contributed by atoms with Crippen molar-refractivity contribution < 1.29 is 4.39 Å². The average molecular weight is 242 g/mol. The first-order valence-corrected chi connectivity index (χ1v) is 5.97. The molecule has 1 aromatic rings. The molecule has 0 aromatic heterocycles. The third-order valence-corrected chi connectivity index (χ3v) is 3.87. The SMILES string of the molecule is CC1(C)CC1C(N)Cc1ccc(Cl)c(F)c1. The van der Waals surface area contributed by atoms with Gasteiger partial charge in [-0.25, -0.2) is 4.39 Å². The van der Waals surface area contributed by atoms with Crippen molar-refractivity contribution in [2.24, 2.45) is 17.1 Å². The van der Waals surface area contributed by atoms with Gasteiger partial charge in [-0.05, 0) is 41.9 Å². The number of nitrogens with two attached hydrogens (primary N) is 1. The van der Waals surface area contributed by atoms with Crippen LogP contribution >= 0.6 is 11.6 Å². The maximum Gasteiger partial charge on any atom is 0.142 e. The molecule has 3 heteroatoms. The molecule has 0 aliphatic heterocycles. The molecule has 1 aliphatic carbocycles. The smallest absolute Gasteiger partial charge is 0.142 e. The first-order chi connectivity index (χ1) is 7.40. The fourth-order valence-corrected chi connectivity index (χ4v) is 2.44. The minimum atomic E-state index is -0.360. The first kappa shape index (κ1) is 11.9. The molecule has 0 amide bonds. The molecule has 0 saturated heterocycles. The van der Waals surface area contributed by atoms with Crippen LogP contribution in [-0.4, -0.2) is 6.04 Å². The van der Waals surface area contributed by atoms with E-state index in [-0.39, 0.29) is 16.9 Å². The molecule has 1 nitrogen and oxygen atoms in total. The molecule has 2 N–H and O–H groups in total. The molecule has 0 heterocycles. The van der Waals surface area contributed by atoms with E-state index in [0.717, 1.165) is 12.0 Å². The van der Waals surface area contributed by atoms with Crippen molar-refractivity contribution in [2.45, 2.75) is 32.7 Å². The molecule has 1 aromatic carbocycles. The number of rotatable bonds is 3. The summed E-state index contributed by atoms with van der Waals surface area (Å²) in [4.78, 5) is 0. The predicted octanol–water partition coefficient (Wildman–Crippen LogP) is 3.40. The maximum absolute atomic E-state index is 13.2. The number of halogens is 2. The Balaban J connectivity index is 2.02. The summed E-state index contributed by atoms with van der Waals surface area (Å²) in [5.41, 5.74) is 7.41. The second kappa shape index (κ2) is 4.01. The van der Waals surface area contributed by atoms with Crippen LogP contribution in [0.4, 0.5) is 4.39 Å². The van der Waals surface area contributed by atoms with E-state index in [2.05, 4.69) is 13.8 Å². The lowest BCUT2D eigenvalue weighted by molar-refractivity contribution is 0.476. The Morgan fingerprint density at radius 3 is 2.69 bits per heavy atom. The van der Waals surface area contributed by atoms with Gasteiger partial charge in [-0.3, -0.25) is 0 Å². The summed E-state index contributed by atoms with van der Waals surface area (Å²) >= 11 is 5.63. The third kappa shape index (κ3) is 2.38. The zero-order chi connectivity index (χ0) is 11.9. The second-order valence-corrected chi connectivity index (χ2v) is 5.82. The first-order valence-electron chi connectivity index (χ1n) is 5.59. The topological polar surface area (TPSA) is 26.0 Å². The van der Waals surface area contributed by atoms with E-state index in [1.165, 1.54) is 12.5 Å². The zero-order valence-electron chi connectivity index (χ0n) is 9.63. The van der Waals surface area contributed by atoms with Gasteiger partial charge in [0.2, 0.25) is 0 Å². The Morgan fingerprint density at radius 1 is 1.56 bits per heavy atom. The highest BCUT2D eigenvalue weighted by atomic mass is 35.5. The van der Waals surface area contributed by atoms with E-state index in [1.807, 2.05) is 6.07 Å². The Kier molecular flexibility index (Phi) is 2.97. The summed E-state index contributed by atoms with van der Waals surface area (Å²) in [5.74, 6) is 0.202. The van der Waals surface area contributed by atoms with Crippen molar-refractivity contribution in [2.75, 3.05) is 0 Å². The molecule has 1 saturated carbocycles. The number of hydrogen-bond acceptors (Lipinski definition) is 1. The average Bonchev–Trinajstić information content (AvgIpc) is 2.82. The third-order valence-electron chi connectivity index (χ3n) is 3.56. The molecule has 2 unspecified atom stereocenters. The molecular weight excluding hydrogens is 225 g/mol. The highest BCUT2D eigenvalue weighted by Crippen LogP contribution is 2.53. The lowest BCUT2D eigenvalue weighted by Crippen LogP contribution is -2.27. The van der Waals surface area contributed by atoms with Crippen molar-refractivity contribution in [3.05, 3.63) is 34.6 Å². The monoisotopic (exact) mass is 241 g/mol. The fourth-order valence-electron chi connectivity index (χ4n) is 2.32. The highest BCUT2D eigenvalue weighted by Gasteiger charge is 2.48. The second-order valence-electron chi connectivity index (χ2n) is 5.42. The minimum Gasteiger partial charge on any atom is -0.327 e. The summed E-state index contributed by atoms with van der Waals surface area (Å²) in [7, 11) is 0. The van der Waals surface area contributed by atoms with Gasteiger partial charge in [-0.15, -0.1) is 0 Å². The fraction of sp³-hybridized carbons (Fsp3) is 0.538. The molecule has 1 aliphatic rings. The highest BCUT2D eigenvalue weighted by molar-refractivity contribution is 6.30. The van der Waals surface area contributed by atoms with Crippen molar-refractivity contribution >= 4 is 11.6 Å². The minimum absolute atomic E-state index is 0.121. The molecule has 2 rings (SSSR count). The molecule has 0 bridgehead atoms. The normalized spacial score (nSPS) is 24.2. The van der Waals surface area contributed by atoms with Crippen LogP contribution in [0.25, 0.3) is 0 Å². The van der Waals surface area contributed by atoms with E-state index < -0.39 is 0 Å². The summed E-state index contributed by atoms with van der Waals surface area (Å²) in [5, 5.41) is 0.170. The molecule has 1 fully saturated rings. The molecule has 88 valence electrons. The van der Waals surface area contributed by atoms with Crippen molar-refractivity contribution in [3.63, 3.8) is 0 Å². The van der Waals surface area contributed by atoms with Crippen LogP contribution in [-0.2, 0) is 6.42 Å². The van der Waals surface area contributed by atoms with E-state index in [0.29, 0.717) is 11.3 Å². The largest absolute Gasteiger partial charge is 0.327 e. The summed E-state index contributed by atoms with van der Waals surface area (Å²) in [6.07, 6.45) is 1.90. The van der Waals surface area contributed by atoms with Gasteiger partial charge < -0.3 is 5.73 Å². The van der Waals surface area contributed by atoms with Crippen LogP contribution in [0.3, 0.4) is 0 Å². The van der Waals surface area contributed by atoms with Gasteiger partial charge in [0, 0.05) is 6.04 Å². The van der Waals surface area contributed by atoms with Gasteiger partial charge in [-0.1, -0.05) is 31.5 Å². The maximum atomic E-state index is 13.2. The van der Waals surface area contributed by atoms with E-state index in [1.54, 1.807) is 6.07 Å². The lowest BCUT2D eigenvalue weighted by atomic mass is 9.98. The molecule has 16 heavy (non-hydrogen) atoms. The van der Waals surface area contributed by atoms with Crippen molar-refractivity contribution in [1.82, 2.24) is 0 Å². The van der Waals surface area contributed by atoms with Crippen LogP contribution in [0.1, 0.15) is 25.8 Å². The predicted molar refractivity (Wildman–Crippen MR) is 65.0 cm³/mol. The van der Waals surface area contributed by atoms with Crippen molar-refractivity contribution in [1.29, 1.82) is 0 Å². The van der Waals surface area contributed by atoms with Crippen LogP contribution in [0.2, 0.25) is 5.02 Å². The number of benzene rings is 1. The summed E-state index contributed by atoms with van der Waals surface area (Å²) in [6, 6.07) is 5.05. The molecule has 0 spiro atoms. The molecule has 2 atom stereocenters. The van der Waals surface area contributed by atoms with Gasteiger partial charge in [0.05, 0.1) is 5.02 Å². The Hall–Kier alpha value is -0.600. The summed E-state index contributed by atoms with van der Waals surface area (Å²) in [6.45, 7) is 4.44. The van der Waals surface area contributed by atoms with Crippen LogP contribution in [0.5, 0.6) is 0 Å². The van der Waals surface area contributed by atoms with Gasteiger partial charge >= 0.3 is 0 Å². The van der Waals surface area contributed by atoms with Crippen LogP contribution in [0.15, 0.2) is 18.2 Å². The Labute approximate surface area is 101 Å². The van der Waals surface area contributed by atoms with E-state index >= 15 is 0 Å². The van der Waals surface area contributed by atoms with Crippen molar-refractivity contribution in [3.8, 4) is 0 Å². The van der Waals surface area contributed by atoms with E-state index in [9.17, 15) is 4.39 Å². The quantitative estimate of drug-likeness (QED) is 0.863. The van der Waals surface area contributed by atoms with Gasteiger partial charge in [0.25, 0.3) is 0 Å². The summed E-state index contributed by atoms with van der Waals surface area (Å²) < 4.78 is 13.2. The van der Waals surface area contributed by atoms with E-state index in [4.69, 9.17) is 17.3 Å². The number of hydrogen-bond donors (Lipinski definition) is 1. The van der Waals surface area contributed by atoms with Gasteiger partial charge in [-0.2, -0.15) is 0 Å². The lowest BCUT2D eigenvalue weighted by Gasteiger charge is -2.13. The Morgan fingerprint density at radius 2 is 2.19 bits per heavy atom.